The molecule has 49 heavy (non-hydrogen) atoms. The molecule has 8 N–H and O–H groups in total. The van der Waals surface area contributed by atoms with Crippen LogP contribution >= 0.6 is 0 Å². The topological polar surface area (TPSA) is 228 Å². The third-order valence-electron chi connectivity index (χ3n) is 11.6. The molecular weight excluding hydrogens is 642 g/mol. The van der Waals surface area contributed by atoms with E-state index in [2.05, 4.69) is 0 Å². The number of carbonyl (C=O) groups excluding carboxylic acids is 2. The predicted octanol–water partition coefficient (Wildman–Crippen LogP) is 0.632. The lowest BCUT2D eigenvalue weighted by atomic mass is 9.74. The third kappa shape index (κ3) is 9.20. The van der Waals surface area contributed by atoms with Gasteiger partial charge >= 0.3 is 5.97 Å². The first-order chi connectivity index (χ1) is 22.6. The lowest BCUT2D eigenvalue weighted by Gasteiger charge is -2.48. The average Bonchev–Trinajstić information content (AvgIpc) is 3.04. The summed E-state index contributed by atoms with van der Waals surface area (Å²) in [7, 11) is 0. The van der Waals surface area contributed by atoms with E-state index >= 15 is 0 Å². The number of Topliss-reactive ketones (excluding diaryl/α,β-unsaturated/α-hetero) is 1. The number of carbonyl (C=O) groups is 2. The van der Waals surface area contributed by atoms with E-state index in [1.165, 1.54) is 6.92 Å². The van der Waals surface area contributed by atoms with Crippen molar-refractivity contribution in [2.75, 3.05) is 6.61 Å². The summed E-state index contributed by atoms with van der Waals surface area (Å²) in [5.41, 5.74) is 3.24. The summed E-state index contributed by atoms with van der Waals surface area (Å²) in [5, 5.41) is 65.6. The Bertz CT molecular complexity index is 1100. The fourth-order valence-electron chi connectivity index (χ4n) is 7.85. The quantitative estimate of drug-likeness (QED) is 0.188. The lowest BCUT2D eigenvalue weighted by Crippen LogP contribution is -2.65. The third-order valence-corrected chi connectivity index (χ3v) is 11.6. The van der Waals surface area contributed by atoms with Gasteiger partial charge in [0, 0.05) is 36.0 Å². The van der Waals surface area contributed by atoms with E-state index in [-0.39, 0.29) is 24.5 Å². The predicted molar refractivity (Wildman–Crippen MR) is 176 cm³/mol. The molecule has 286 valence electrons. The monoisotopic (exact) mass is 705 g/mol. The highest BCUT2D eigenvalue weighted by Crippen LogP contribution is 2.40. The molecule has 14 nitrogen and oxygen atoms in total. The molecule has 3 heterocycles. The average molecular weight is 706 g/mol. The molecule has 3 aliphatic heterocycles. The molecule has 14 heteroatoms. The zero-order chi connectivity index (χ0) is 37.3. The van der Waals surface area contributed by atoms with Crippen LogP contribution in [0.3, 0.4) is 0 Å². The number of ketones is 1. The van der Waals surface area contributed by atoms with Crippen molar-refractivity contribution in [2.24, 2.45) is 41.2 Å². The summed E-state index contributed by atoms with van der Waals surface area (Å²) >= 11 is 0. The molecule has 3 saturated heterocycles. The number of esters is 1. The van der Waals surface area contributed by atoms with Gasteiger partial charge in [-0.2, -0.15) is 0 Å². The second-order valence-corrected chi connectivity index (χ2v) is 15.6. The molecule has 0 aromatic heterocycles. The van der Waals surface area contributed by atoms with Crippen LogP contribution in [0.25, 0.3) is 0 Å². The van der Waals surface area contributed by atoms with E-state index in [1.807, 2.05) is 20.8 Å². The zero-order valence-electron chi connectivity index (χ0n) is 30.8. The highest BCUT2D eigenvalue weighted by Gasteiger charge is 2.52. The minimum Gasteiger partial charge on any atom is -0.462 e. The van der Waals surface area contributed by atoms with Crippen LogP contribution in [0.5, 0.6) is 0 Å². The van der Waals surface area contributed by atoms with Gasteiger partial charge in [0.25, 0.3) is 0 Å². The normalized spacial score (nSPS) is 51.2. The number of hydrogen-bond donors (Lipinski definition) is 7. The van der Waals surface area contributed by atoms with Crippen LogP contribution < -0.4 is 5.73 Å². The van der Waals surface area contributed by atoms with Gasteiger partial charge in [-0.05, 0) is 40.5 Å². The van der Waals surface area contributed by atoms with Crippen LogP contribution in [0.2, 0.25) is 0 Å². The van der Waals surface area contributed by atoms with E-state index in [1.54, 1.807) is 41.5 Å². The number of aliphatic hydroxyl groups is 6. The minimum absolute atomic E-state index is 0.0779. The number of aliphatic hydroxyl groups excluding tert-OH is 4. The summed E-state index contributed by atoms with van der Waals surface area (Å²) in [6.45, 7) is 16.3. The van der Waals surface area contributed by atoms with Gasteiger partial charge in [-0.1, -0.05) is 41.5 Å². The van der Waals surface area contributed by atoms with E-state index in [9.17, 15) is 40.2 Å². The van der Waals surface area contributed by atoms with Crippen molar-refractivity contribution in [1.29, 1.82) is 0 Å². The Morgan fingerprint density at radius 2 is 1.43 bits per heavy atom. The van der Waals surface area contributed by atoms with Crippen molar-refractivity contribution in [1.82, 2.24) is 0 Å². The maximum absolute atomic E-state index is 13.9. The van der Waals surface area contributed by atoms with Crippen molar-refractivity contribution >= 4 is 11.8 Å². The molecule has 0 amide bonds. The number of cyclic esters (lactones) is 1. The first kappa shape index (κ1) is 42.1. The van der Waals surface area contributed by atoms with E-state index < -0.39 is 121 Å². The summed E-state index contributed by atoms with van der Waals surface area (Å²) in [4.78, 5) is 27.6. The SMILES string of the molecule is CC[C@H]1OC(=O)[C@H](C)[C@@H](O[C@H]2C[C@@](C)(O)[C@@H](C)[C@H](C)O2)[C@H](C)[C@@H](O[C@@H]2O[C@H](CO)[C@@H](O)[C@H](O)[C@H]2N)[C@](C)(O)C[C@@H](C)C(=O)[C@H](C)[C@@H](O)[C@H]1C. The molecule has 3 rings (SSSR count). The molecule has 0 unspecified atom stereocenters. The van der Waals surface area contributed by atoms with Gasteiger partial charge in [0.1, 0.15) is 30.2 Å². The fourth-order valence-corrected chi connectivity index (χ4v) is 7.85. The minimum atomic E-state index is -1.84. The van der Waals surface area contributed by atoms with Crippen LogP contribution in [0.1, 0.15) is 88.5 Å². The molecule has 0 spiro atoms. The van der Waals surface area contributed by atoms with Gasteiger partial charge < -0.3 is 60.1 Å². The van der Waals surface area contributed by atoms with Gasteiger partial charge in [0.05, 0.1) is 54.2 Å². The molecule has 0 saturated carbocycles. The van der Waals surface area contributed by atoms with Crippen LogP contribution in [0, 0.1) is 35.5 Å². The van der Waals surface area contributed by atoms with Gasteiger partial charge in [0.2, 0.25) is 0 Å². The molecule has 0 aliphatic carbocycles. The molecule has 3 aliphatic rings. The summed E-state index contributed by atoms with van der Waals surface area (Å²) in [6, 6.07) is -1.31. The Labute approximate surface area is 290 Å². The maximum atomic E-state index is 13.9. The molecule has 0 aromatic carbocycles. The Kier molecular flexibility index (Phi) is 14.2. The summed E-state index contributed by atoms with van der Waals surface area (Å²) < 4.78 is 30.9. The second-order valence-electron chi connectivity index (χ2n) is 15.6. The van der Waals surface area contributed by atoms with E-state index in [0.717, 1.165) is 0 Å². The Balaban J connectivity index is 2.15. The number of nitrogens with two attached hydrogens (primary N) is 1. The van der Waals surface area contributed by atoms with Crippen molar-refractivity contribution < 1.29 is 63.9 Å². The highest BCUT2D eigenvalue weighted by atomic mass is 16.7. The standard InChI is InChI=1S/C35H63NO13/c1-11-22-16(3)27(39)17(4)26(38)15(2)12-35(10,44)31(49-33-25(36)29(41)28(40)23(14-37)47-33)18(5)30(19(6)32(42)46-22)48-24-13-34(9,43)20(7)21(8)45-24/h15-25,27-31,33,37,39-41,43-44H,11-14,36H2,1-10H3/t15-,16+,17+,18+,19-,20+,21+,22-,23-,24+,25-,27+,28-,29-,30+,31-,33+,34-,35-/m1/s1. The molecular formula is C35H63NO13. The van der Waals surface area contributed by atoms with Crippen LogP contribution in [0.15, 0.2) is 0 Å². The van der Waals surface area contributed by atoms with Gasteiger partial charge in [-0.15, -0.1) is 0 Å². The van der Waals surface area contributed by atoms with E-state index in [0.29, 0.717) is 6.42 Å². The molecule has 0 radical (unpaired) electrons. The zero-order valence-corrected chi connectivity index (χ0v) is 30.8. The lowest BCUT2D eigenvalue weighted by molar-refractivity contribution is -0.314. The Hall–Kier alpha value is -1.30. The maximum Gasteiger partial charge on any atom is 0.311 e. The molecule has 19 atom stereocenters. The molecule has 3 fully saturated rings. The van der Waals surface area contributed by atoms with Gasteiger partial charge in [-0.25, -0.2) is 0 Å². The highest BCUT2D eigenvalue weighted by molar-refractivity contribution is 5.83. The van der Waals surface area contributed by atoms with Crippen molar-refractivity contribution in [3.8, 4) is 0 Å². The molecule has 0 bridgehead atoms. The number of hydrogen-bond acceptors (Lipinski definition) is 14. The first-order valence-electron chi connectivity index (χ1n) is 17.8. The fraction of sp³-hybridized carbons (Fsp3) is 0.943. The Morgan fingerprint density at radius 1 is 0.816 bits per heavy atom. The van der Waals surface area contributed by atoms with Crippen molar-refractivity contribution in [2.45, 2.75) is 167 Å². The van der Waals surface area contributed by atoms with Crippen LogP contribution in [-0.2, 0) is 33.3 Å². The number of ether oxygens (including phenoxy) is 5. The van der Waals surface area contributed by atoms with Crippen LogP contribution in [-0.4, -0.2) is 128 Å². The largest absolute Gasteiger partial charge is 0.462 e. The van der Waals surface area contributed by atoms with Crippen molar-refractivity contribution in [3.05, 3.63) is 0 Å². The summed E-state index contributed by atoms with van der Waals surface area (Å²) in [6.07, 6.45) is -11.1. The van der Waals surface area contributed by atoms with Gasteiger partial charge in [-0.3, -0.25) is 9.59 Å². The smallest absolute Gasteiger partial charge is 0.311 e. The second kappa shape index (κ2) is 16.6. The first-order valence-corrected chi connectivity index (χ1v) is 17.8. The van der Waals surface area contributed by atoms with Crippen LogP contribution in [0.4, 0.5) is 0 Å². The number of rotatable bonds is 6. The summed E-state index contributed by atoms with van der Waals surface area (Å²) in [5.74, 6) is -5.29. The molecule has 0 aromatic rings. The van der Waals surface area contributed by atoms with Crippen molar-refractivity contribution in [3.63, 3.8) is 0 Å². The van der Waals surface area contributed by atoms with E-state index in [4.69, 9.17) is 29.4 Å². The Morgan fingerprint density at radius 3 is 1.98 bits per heavy atom. The van der Waals surface area contributed by atoms with Gasteiger partial charge in [0.15, 0.2) is 12.6 Å².